The molecule has 8 heteroatoms. The van der Waals surface area contributed by atoms with Gasteiger partial charge in [-0.15, -0.1) is 12.6 Å². The number of benzene rings is 5. The van der Waals surface area contributed by atoms with E-state index in [2.05, 4.69) is 164 Å². The number of hydrogen-bond donors (Lipinski definition) is 1. The van der Waals surface area contributed by atoms with Gasteiger partial charge in [-0.1, -0.05) is 98.7 Å². The van der Waals surface area contributed by atoms with Crippen molar-refractivity contribution in [2.75, 3.05) is 14.1 Å². The molecule has 0 bridgehead atoms. The predicted octanol–water partition coefficient (Wildman–Crippen LogP) is 4.36. The number of allylic oxidation sites excluding steroid dienone is 6. The van der Waals surface area contributed by atoms with E-state index in [4.69, 9.17) is 12.6 Å². The van der Waals surface area contributed by atoms with Gasteiger partial charge < -0.3 is 4.57 Å². The topological polar surface area (TPSA) is 8.17 Å². The lowest BCUT2D eigenvalue weighted by molar-refractivity contribution is 0.331. The Morgan fingerprint density at radius 2 is 1.50 bits per heavy atom. The molecule has 1 atom stereocenters. The van der Waals surface area contributed by atoms with E-state index in [-0.39, 0.29) is 6.04 Å². The maximum atomic E-state index is 5.28. The second-order valence-electron chi connectivity index (χ2n) is 17.9. The van der Waals surface area contributed by atoms with E-state index < -0.39 is 0 Å². The van der Waals surface area contributed by atoms with Crippen molar-refractivity contribution >= 4 is 101 Å². The fourth-order valence-electron chi connectivity index (χ4n) is 10.9. The van der Waals surface area contributed by atoms with Gasteiger partial charge in [0.05, 0.1) is 17.1 Å². The third kappa shape index (κ3) is 5.80. The molecule has 1 unspecified atom stereocenters. The maximum Gasteiger partial charge on any atom is 0.140 e. The monoisotopic (exact) mass is 768 g/mol. The van der Waals surface area contributed by atoms with Crippen LogP contribution in [0.25, 0.3) is 49.7 Å². The molecular formula is C50H53B5N2S. The smallest absolute Gasteiger partial charge is 0.140 e. The quantitative estimate of drug-likeness (QED) is 0.156. The Labute approximate surface area is 356 Å². The van der Waals surface area contributed by atoms with Gasteiger partial charge in [-0.05, 0) is 159 Å². The molecule has 2 nitrogen and oxygen atoms in total. The molecule has 1 aromatic heterocycles. The van der Waals surface area contributed by atoms with Crippen LogP contribution in [-0.2, 0) is 6.42 Å². The molecular weight excluding hydrogens is 715 g/mol. The lowest BCUT2D eigenvalue weighted by Gasteiger charge is -2.31. The molecule has 284 valence electrons. The minimum atomic E-state index is 0.198. The lowest BCUT2D eigenvalue weighted by Crippen LogP contribution is -2.34. The zero-order chi connectivity index (χ0) is 41.1. The van der Waals surface area contributed by atoms with Gasteiger partial charge in [-0.3, -0.25) is 4.90 Å². The first-order valence-corrected chi connectivity index (χ1v) is 21.7. The summed E-state index contributed by atoms with van der Waals surface area (Å²) in [6.07, 6.45) is 12.2. The summed E-state index contributed by atoms with van der Waals surface area (Å²) in [7, 11) is 15.9. The molecule has 0 N–H and O–H groups in total. The number of nitrogens with zero attached hydrogens (tertiary/aromatic N) is 2. The van der Waals surface area contributed by atoms with E-state index in [0.717, 1.165) is 37.0 Å². The van der Waals surface area contributed by atoms with Crippen LogP contribution < -0.4 is 27.3 Å². The van der Waals surface area contributed by atoms with Gasteiger partial charge in [0, 0.05) is 21.4 Å². The molecule has 58 heavy (non-hydrogen) atoms. The number of thiol groups is 1. The lowest BCUT2D eigenvalue weighted by atomic mass is 9.67. The molecule has 3 aliphatic carbocycles. The van der Waals surface area contributed by atoms with Crippen molar-refractivity contribution in [1.29, 1.82) is 0 Å². The van der Waals surface area contributed by atoms with Crippen LogP contribution >= 0.6 is 12.6 Å². The highest BCUT2D eigenvalue weighted by molar-refractivity contribution is 7.80. The molecule has 9 rings (SSSR count). The van der Waals surface area contributed by atoms with Crippen molar-refractivity contribution in [2.45, 2.75) is 70.7 Å². The zero-order valence-corrected chi connectivity index (χ0v) is 37.4. The van der Waals surface area contributed by atoms with Gasteiger partial charge >= 0.3 is 0 Å². The van der Waals surface area contributed by atoms with Crippen molar-refractivity contribution < 1.29 is 0 Å². The van der Waals surface area contributed by atoms with Crippen LogP contribution in [0.2, 0.25) is 0 Å². The summed E-state index contributed by atoms with van der Waals surface area (Å²) < 4.78 is 2.56. The Bertz CT molecular complexity index is 2900. The Morgan fingerprint density at radius 1 is 0.759 bits per heavy atom. The van der Waals surface area contributed by atoms with Crippen molar-refractivity contribution in [3.63, 3.8) is 0 Å². The van der Waals surface area contributed by atoms with Crippen LogP contribution in [0.15, 0.2) is 101 Å². The third-order valence-electron chi connectivity index (χ3n) is 14.8. The molecule has 0 radical (unpaired) electrons. The summed E-state index contributed by atoms with van der Waals surface area (Å²) >= 11 is 5.28. The molecule has 0 aliphatic heterocycles. The van der Waals surface area contributed by atoms with Crippen LogP contribution in [-0.4, -0.2) is 62.8 Å². The molecule has 1 heterocycles. The molecule has 0 saturated carbocycles. The first kappa shape index (κ1) is 39.0. The number of likely N-dealkylation sites (N-methyl/N-ethyl adjacent to an activating group) is 1. The van der Waals surface area contributed by atoms with E-state index in [1.165, 1.54) is 138 Å². The highest BCUT2D eigenvalue weighted by Crippen LogP contribution is 2.47. The summed E-state index contributed by atoms with van der Waals surface area (Å²) in [6, 6.07) is 19.5. The Kier molecular flexibility index (Phi) is 9.64. The Morgan fingerprint density at radius 3 is 2.22 bits per heavy atom. The average Bonchev–Trinajstić information content (AvgIpc) is 3.91. The number of aromatic nitrogens is 1. The first-order chi connectivity index (χ1) is 27.7. The van der Waals surface area contributed by atoms with E-state index >= 15 is 0 Å². The van der Waals surface area contributed by atoms with Crippen LogP contribution in [0.5, 0.6) is 0 Å². The van der Waals surface area contributed by atoms with E-state index in [0.29, 0.717) is 0 Å². The van der Waals surface area contributed by atoms with Crippen LogP contribution in [0.1, 0.15) is 70.7 Å². The summed E-state index contributed by atoms with van der Waals surface area (Å²) in [4.78, 5) is 3.51. The normalized spacial score (nSPS) is 16.5. The van der Waals surface area contributed by atoms with Crippen molar-refractivity contribution in [1.82, 2.24) is 9.47 Å². The highest BCUT2D eigenvalue weighted by Gasteiger charge is 2.30. The van der Waals surface area contributed by atoms with E-state index in [1.807, 2.05) is 0 Å². The van der Waals surface area contributed by atoms with Crippen LogP contribution in [0.3, 0.4) is 0 Å². The zero-order valence-electron chi connectivity index (χ0n) is 36.5. The summed E-state index contributed by atoms with van der Waals surface area (Å²) in [6.45, 7) is 13.7. The minimum Gasteiger partial charge on any atom is -0.309 e. The largest absolute Gasteiger partial charge is 0.309 e. The maximum absolute atomic E-state index is 5.28. The van der Waals surface area contributed by atoms with Gasteiger partial charge in [-0.2, -0.15) is 0 Å². The molecule has 0 saturated heterocycles. The van der Waals surface area contributed by atoms with E-state index in [1.54, 1.807) is 0 Å². The SMILES string of the molecule is Bc1c(C)c(B)c(-c2cc3c(cc2C)c2c(S)c(B)c(B)c(C)c2n3-c2ccc3c(c2)Cc2cccc(C(/C4=C/CC5=C(CC=C5)C(=C)CC4)N(C)C)c2-3)c(B)c1C. The van der Waals surface area contributed by atoms with Crippen molar-refractivity contribution in [3.8, 4) is 27.9 Å². The number of hydrogen-bond acceptors (Lipinski definition) is 2. The van der Waals surface area contributed by atoms with Gasteiger partial charge in [0.2, 0.25) is 0 Å². The molecule has 6 aromatic rings. The summed E-state index contributed by atoms with van der Waals surface area (Å²) in [5.74, 6) is 0. The molecule has 0 fully saturated rings. The molecule has 3 aliphatic rings. The van der Waals surface area contributed by atoms with Gasteiger partial charge in [-0.25, -0.2) is 0 Å². The predicted molar refractivity (Wildman–Crippen MR) is 270 cm³/mol. The fourth-order valence-corrected chi connectivity index (χ4v) is 11.3. The Balaban J connectivity index is 1.24. The van der Waals surface area contributed by atoms with Crippen molar-refractivity contribution in [2.24, 2.45) is 0 Å². The van der Waals surface area contributed by atoms with E-state index in [9.17, 15) is 0 Å². The van der Waals surface area contributed by atoms with Gasteiger partial charge in [0.15, 0.2) is 0 Å². The van der Waals surface area contributed by atoms with Crippen LogP contribution in [0, 0.1) is 27.7 Å². The Hall–Kier alpha value is -4.51. The highest BCUT2D eigenvalue weighted by atomic mass is 32.1. The van der Waals surface area contributed by atoms with Gasteiger partial charge in [0.1, 0.15) is 39.2 Å². The number of aryl methyl sites for hydroxylation is 2. The summed E-state index contributed by atoms with van der Waals surface area (Å²) in [5, 5.41) is 2.53. The molecule has 0 amide bonds. The van der Waals surface area contributed by atoms with Gasteiger partial charge in [0.25, 0.3) is 0 Å². The number of rotatable bonds is 5. The molecule has 5 aromatic carbocycles. The molecule has 0 spiro atoms. The fraction of sp³-hybridized carbons (Fsp3) is 0.240. The average molecular weight is 768 g/mol. The van der Waals surface area contributed by atoms with Crippen LogP contribution in [0.4, 0.5) is 0 Å². The van der Waals surface area contributed by atoms with Crippen molar-refractivity contribution in [3.05, 3.63) is 135 Å². The number of fused-ring (bicyclic) bond motifs is 6. The second-order valence-corrected chi connectivity index (χ2v) is 18.4. The minimum absolute atomic E-state index is 0.198. The first-order valence-electron chi connectivity index (χ1n) is 21.2. The summed E-state index contributed by atoms with van der Waals surface area (Å²) in [5.41, 5.74) is 31.3. The standard InChI is InChI=1S/C50H53B5N2S/c1-24-14-15-30(17-16-29-10-8-12-34(24)29)49(56(6)7)36-13-9-11-31-21-32-22-33(18-19-35(32)40(31)36)57-39-23-37(41-44(52)26(3)43(51)27(4)45(41)53)25(2)20-38(39)42-48(57)28(5)46(54)47(55)50(42)58/h8-11,13,17-20,22-23,49,58H,1,12,14-16,21,51-55H2,2-7H3/b30-17+. The second kappa shape index (κ2) is 14.3. The third-order valence-corrected chi connectivity index (χ3v) is 15.3.